The summed E-state index contributed by atoms with van der Waals surface area (Å²) in [5.41, 5.74) is 1.67. The zero-order valence-electron chi connectivity index (χ0n) is 11.5. The van der Waals surface area contributed by atoms with Crippen LogP contribution in [-0.2, 0) is 0 Å². The fraction of sp³-hybridized carbons (Fsp3) is 0.500. The van der Waals surface area contributed by atoms with Crippen LogP contribution in [0.15, 0.2) is 24.3 Å². The molecule has 0 saturated carbocycles. The molecule has 1 aliphatic heterocycles. The van der Waals surface area contributed by atoms with E-state index in [1.54, 1.807) is 6.07 Å². The second kappa shape index (κ2) is 5.93. The highest BCUT2D eigenvalue weighted by molar-refractivity contribution is 5.83. The molecule has 5 nitrogen and oxygen atoms in total. The first-order valence-electron chi connectivity index (χ1n) is 6.57. The smallest absolute Gasteiger partial charge is 0.409 e. The van der Waals surface area contributed by atoms with Gasteiger partial charge in [-0.2, -0.15) is 0 Å². The van der Waals surface area contributed by atoms with Crippen molar-refractivity contribution in [2.24, 2.45) is 0 Å². The first-order chi connectivity index (χ1) is 9.06. The average molecular weight is 263 g/mol. The Morgan fingerprint density at radius 1 is 1.42 bits per heavy atom. The molecule has 5 heteroatoms. The van der Waals surface area contributed by atoms with Crippen molar-refractivity contribution in [1.29, 1.82) is 0 Å². The van der Waals surface area contributed by atoms with Gasteiger partial charge < -0.3 is 14.9 Å². The van der Waals surface area contributed by atoms with E-state index in [0.717, 1.165) is 31.6 Å². The average Bonchev–Trinajstić information content (AvgIpc) is 2.38. The van der Waals surface area contributed by atoms with Gasteiger partial charge in [-0.25, -0.2) is 4.79 Å². The molecule has 1 heterocycles. The van der Waals surface area contributed by atoms with Crippen molar-refractivity contribution in [3.8, 4) is 0 Å². The lowest BCUT2D eigenvalue weighted by molar-refractivity contribution is 0.210. The predicted molar refractivity (Wildman–Crippen MR) is 77.0 cm³/mol. The highest BCUT2D eigenvalue weighted by atomic mass is 16.4. The molecule has 104 valence electrons. The van der Waals surface area contributed by atoms with Crippen LogP contribution in [0.5, 0.6) is 0 Å². The van der Waals surface area contributed by atoms with Gasteiger partial charge in [0.2, 0.25) is 0 Å². The molecule has 0 bridgehead atoms. The minimum absolute atomic E-state index is 0.524. The molecule has 2 N–H and O–H groups in total. The van der Waals surface area contributed by atoms with Crippen LogP contribution in [0.25, 0.3) is 0 Å². The van der Waals surface area contributed by atoms with E-state index in [2.05, 4.69) is 29.2 Å². The molecular formula is C14H21N3O2. The maximum atomic E-state index is 10.7. The number of anilines is 2. The van der Waals surface area contributed by atoms with Crippen LogP contribution in [0.3, 0.4) is 0 Å². The molecule has 0 atom stereocenters. The zero-order chi connectivity index (χ0) is 13.8. The lowest BCUT2D eigenvalue weighted by Crippen LogP contribution is -2.42. The molecule has 19 heavy (non-hydrogen) atoms. The third-order valence-corrected chi connectivity index (χ3v) is 3.74. The van der Waals surface area contributed by atoms with Crippen molar-refractivity contribution >= 4 is 17.5 Å². The van der Waals surface area contributed by atoms with Crippen LogP contribution < -0.4 is 10.2 Å². The van der Waals surface area contributed by atoms with Gasteiger partial charge in [0, 0.05) is 24.5 Å². The van der Waals surface area contributed by atoms with Gasteiger partial charge >= 0.3 is 6.09 Å². The summed E-state index contributed by atoms with van der Waals surface area (Å²) in [5.74, 6) is 0. The number of hydrogen-bond donors (Lipinski definition) is 2. The van der Waals surface area contributed by atoms with Gasteiger partial charge in [0.05, 0.1) is 0 Å². The van der Waals surface area contributed by atoms with Crippen molar-refractivity contribution in [2.45, 2.75) is 18.9 Å². The van der Waals surface area contributed by atoms with Crippen LogP contribution in [0.4, 0.5) is 16.2 Å². The second-order valence-electron chi connectivity index (χ2n) is 5.13. The maximum absolute atomic E-state index is 10.7. The van der Waals surface area contributed by atoms with Crippen molar-refractivity contribution in [3.05, 3.63) is 24.3 Å². The molecule has 1 aliphatic rings. The molecule has 1 fully saturated rings. The summed E-state index contributed by atoms with van der Waals surface area (Å²) in [6.45, 7) is 2.23. The number of benzene rings is 1. The minimum atomic E-state index is -1.03. The lowest BCUT2D eigenvalue weighted by Gasteiger charge is -2.36. The van der Waals surface area contributed by atoms with E-state index in [1.807, 2.05) is 18.2 Å². The Balaban J connectivity index is 2.06. The van der Waals surface area contributed by atoms with Gasteiger partial charge in [-0.15, -0.1) is 0 Å². The summed E-state index contributed by atoms with van der Waals surface area (Å²) in [6, 6.07) is 8.07. The molecule has 0 aromatic heterocycles. The molecule has 0 aliphatic carbocycles. The van der Waals surface area contributed by atoms with Gasteiger partial charge in [-0.05, 0) is 51.2 Å². The summed E-state index contributed by atoms with van der Waals surface area (Å²) >= 11 is 0. The van der Waals surface area contributed by atoms with Crippen LogP contribution in [0.2, 0.25) is 0 Å². The van der Waals surface area contributed by atoms with Crippen molar-refractivity contribution in [3.63, 3.8) is 0 Å². The lowest BCUT2D eigenvalue weighted by atomic mass is 10.0. The molecule has 2 rings (SSSR count). The van der Waals surface area contributed by atoms with Gasteiger partial charge in [0.25, 0.3) is 0 Å². The Hall–Kier alpha value is -1.75. The van der Waals surface area contributed by atoms with Gasteiger partial charge in [-0.3, -0.25) is 5.32 Å². The van der Waals surface area contributed by atoms with Crippen LogP contribution in [-0.4, -0.2) is 49.3 Å². The monoisotopic (exact) mass is 263 g/mol. The molecule has 1 amide bonds. The summed E-state index contributed by atoms with van der Waals surface area (Å²) in [5, 5.41) is 11.1. The number of likely N-dealkylation sites (tertiary alicyclic amines) is 1. The Morgan fingerprint density at radius 2 is 2.11 bits per heavy atom. The summed E-state index contributed by atoms with van der Waals surface area (Å²) < 4.78 is 0. The van der Waals surface area contributed by atoms with Crippen molar-refractivity contribution in [2.75, 3.05) is 37.4 Å². The third-order valence-electron chi connectivity index (χ3n) is 3.74. The third kappa shape index (κ3) is 3.61. The second-order valence-corrected chi connectivity index (χ2v) is 5.13. The molecule has 0 unspecified atom stereocenters. The van der Waals surface area contributed by atoms with Gasteiger partial charge in [0.1, 0.15) is 0 Å². The summed E-state index contributed by atoms with van der Waals surface area (Å²) in [4.78, 5) is 15.2. The molecule has 1 saturated heterocycles. The van der Waals surface area contributed by atoms with E-state index in [-0.39, 0.29) is 0 Å². The molecule has 1 aromatic carbocycles. The Bertz CT molecular complexity index is 442. The van der Waals surface area contributed by atoms with Crippen molar-refractivity contribution in [1.82, 2.24) is 4.90 Å². The molecule has 1 aromatic rings. The number of carboxylic acid groups (broad SMARTS) is 1. The number of hydrogen-bond acceptors (Lipinski definition) is 3. The molecule has 0 radical (unpaired) electrons. The SMILES string of the molecule is CN1CCC(N(C)c2cccc(NC(=O)O)c2)CC1. The first kappa shape index (κ1) is 13.7. The van der Waals surface area contributed by atoms with E-state index in [1.165, 1.54) is 0 Å². The largest absolute Gasteiger partial charge is 0.465 e. The van der Waals surface area contributed by atoms with E-state index in [9.17, 15) is 4.79 Å². The minimum Gasteiger partial charge on any atom is -0.465 e. The summed E-state index contributed by atoms with van der Waals surface area (Å²) in [7, 11) is 4.23. The topological polar surface area (TPSA) is 55.8 Å². The fourth-order valence-electron chi connectivity index (χ4n) is 2.52. The number of nitrogens with zero attached hydrogens (tertiary/aromatic N) is 2. The van der Waals surface area contributed by atoms with Crippen molar-refractivity contribution < 1.29 is 9.90 Å². The zero-order valence-corrected chi connectivity index (χ0v) is 11.5. The number of piperidine rings is 1. The maximum Gasteiger partial charge on any atom is 0.409 e. The van der Waals surface area contributed by atoms with Crippen LogP contribution >= 0.6 is 0 Å². The van der Waals surface area contributed by atoms with Gasteiger partial charge in [0.15, 0.2) is 0 Å². The predicted octanol–water partition coefficient (Wildman–Crippen LogP) is 2.31. The molecular weight excluding hydrogens is 242 g/mol. The Labute approximate surface area is 113 Å². The quantitative estimate of drug-likeness (QED) is 0.878. The Morgan fingerprint density at radius 3 is 2.74 bits per heavy atom. The highest BCUT2D eigenvalue weighted by Gasteiger charge is 2.20. The van der Waals surface area contributed by atoms with Gasteiger partial charge in [-0.1, -0.05) is 6.07 Å². The van der Waals surface area contributed by atoms with E-state index in [4.69, 9.17) is 5.11 Å². The number of nitrogens with one attached hydrogen (secondary N) is 1. The number of amides is 1. The fourth-order valence-corrected chi connectivity index (χ4v) is 2.52. The van der Waals surface area contributed by atoms with E-state index >= 15 is 0 Å². The highest BCUT2D eigenvalue weighted by Crippen LogP contribution is 2.24. The van der Waals surface area contributed by atoms with E-state index < -0.39 is 6.09 Å². The van der Waals surface area contributed by atoms with Crippen LogP contribution in [0, 0.1) is 0 Å². The molecule has 0 spiro atoms. The Kier molecular flexibility index (Phi) is 4.27. The van der Waals surface area contributed by atoms with Crippen LogP contribution in [0.1, 0.15) is 12.8 Å². The normalized spacial score (nSPS) is 17.2. The first-order valence-corrected chi connectivity index (χ1v) is 6.57. The summed E-state index contributed by atoms with van der Waals surface area (Å²) in [6.07, 6.45) is 1.26. The van der Waals surface area contributed by atoms with E-state index in [0.29, 0.717) is 11.7 Å². The number of rotatable bonds is 3. The standard InChI is InChI=1S/C14H21N3O2/c1-16-8-6-12(7-9-16)17(2)13-5-3-4-11(10-13)15-14(18)19/h3-5,10,12,15H,6-9H2,1-2H3,(H,18,19). The number of carbonyl (C=O) groups is 1.